The molecule has 1 amide bonds. The van der Waals surface area contributed by atoms with E-state index in [1.54, 1.807) is 0 Å². The highest BCUT2D eigenvalue weighted by atomic mass is 35.5. The summed E-state index contributed by atoms with van der Waals surface area (Å²) in [7, 11) is 0. The third kappa shape index (κ3) is 4.21. The molecule has 0 spiro atoms. The molecule has 0 bridgehead atoms. The van der Waals surface area contributed by atoms with E-state index in [1.807, 2.05) is 12.1 Å². The van der Waals surface area contributed by atoms with Crippen molar-refractivity contribution in [3.05, 3.63) is 22.7 Å². The second-order valence-corrected chi connectivity index (χ2v) is 7.65. The molecule has 3 aliphatic rings. The molecule has 0 radical (unpaired) electrons. The molecule has 136 valence electrons. The van der Waals surface area contributed by atoms with Crippen LogP contribution in [0.15, 0.2) is 12.1 Å². The lowest BCUT2D eigenvalue weighted by molar-refractivity contribution is -0.121. The fourth-order valence-electron chi connectivity index (χ4n) is 3.70. The standard InChI is InChI=1S/C19H25ClN2O3/c20-16-10-13(11-17-19(16)25-9-1-8-24-17)12-18(23)21-14-4-6-22(7-5-14)15-2-3-15/h10-11,14-15H,1-9,12H2,(H,21,23). The van der Waals surface area contributed by atoms with E-state index in [0.29, 0.717) is 42.2 Å². The van der Waals surface area contributed by atoms with Gasteiger partial charge in [0.05, 0.1) is 24.7 Å². The number of amides is 1. The third-order valence-electron chi connectivity index (χ3n) is 5.18. The summed E-state index contributed by atoms with van der Waals surface area (Å²) in [5.74, 6) is 1.29. The average Bonchev–Trinajstić information content (AvgIpc) is 3.42. The minimum atomic E-state index is 0.0513. The average molecular weight is 365 g/mol. The first-order valence-corrected chi connectivity index (χ1v) is 9.68. The summed E-state index contributed by atoms with van der Waals surface area (Å²) in [6.07, 6.45) is 5.94. The molecule has 1 saturated heterocycles. The van der Waals surface area contributed by atoms with Crippen LogP contribution in [0, 0.1) is 0 Å². The molecule has 2 aliphatic heterocycles. The minimum absolute atomic E-state index is 0.0513. The van der Waals surface area contributed by atoms with Crippen LogP contribution in [0.4, 0.5) is 0 Å². The van der Waals surface area contributed by atoms with Crippen LogP contribution in [-0.4, -0.2) is 49.2 Å². The lowest BCUT2D eigenvalue weighted by Crippen LogP contribution is -2.45. The van der Waals surface area contributed by atoms with Crippen LogP contribution < -0.4 is 14.8 Å². The van der Waals surface area contributed by atoms with Crippen molar-refractivity contribution in [2.45, 2.75) is 50.6 Å². The van der Waals surface area contributed by atoms with Gasteiger partial charge in [0.25, 0.3) is 0 Å². The molecule has 1 aromatic rings. The van der Waals surface area contributed by atoms with Crippen molar-refractivity contribution in [1.82, 2.24) is 10.2 Å². The Kier molecular flexibility index (Phi) is 5.04. The van der Waals surface area contributed by atoms with Gasteiger partial charge in [-0.3, -0.25) is 4.79 Å². The van der Waals surface area contributed by atoms with Crippen molar-refractivity contribution < 1.29 is 14.3 Å². The van der Waals surface area contributed by atoms with Crippen molar-refractivity contribution in [3.63, 3.8) is 0 Å². The van der Waals surface area contributed by atoms with Crippen molar-refractivity contribution >= 4 is 17.5 Å². The second kappa shape index (κ2) is 7.42. The molecule has 5 nitrogen and oxygen atoms in total. The van der Waals surface area contributed by atoms with Crippen LogP contribution >= 0.6 is 11.6 Å². The van der Waals surface area contributed by atoms with Gasteiger partial charge in [-0.1, -0.05) is 11.6 Å². The van der Waals surface area contributed by atoms with Crippen LogP contribution in [0.25, 0.3) is 0 Å². The first kappa shape index (κ1) is 17.0. The van der Waals surface area contributed by atoms with E-state index in [2.05, 4.69) is 10.2 Å². The van der Waals surface area contributed by atoms with E-state index in [9.17, 15) is 4.79 Å². The Morgan fingerprint density at radius 3 is 2.68 bits per heavy atom. The Labute approximate surface area is 153 Å². The highest BCUT2D eigenvalue weighted by Crippen LogP contribution is 2.38. The lowest BCUT2D eigenvalue weighted by Gasteiger charge is -2.32. The number of hydrogen-bond acceptors (Lipinski definition) is 4. The van der Waals surface area contributed by atoms with Gasteiger partial charge in [0.2, 0.25) is 5.91 Å². The van der Waals surface area contributed by atoms with Crippen LogP contribution in [0.5, 0.6) is 11.5 Å². The first-order chi connectivity index (χ1) is 12.2. The zero-order chi connectivity index (χ0) is 17.2. The van der Waals surface area contributed by atoms with E-state index >= 15 is 0 Å². The maximum atomic E-state index is 12.4. The summed E-state index contributed by atoms with van der Waals surface area (Å²) in [6.45, 7) is 3.42. The quantitative estimate of drug-likeness (QED) is 0.892. The first-order valence-electron chi connectivity index (χ1n) is 9.30. The largest absolute Gasteiger partial charge is 0.489 e. The van der Waals surface area contributed by atoms with Gasteiger partial charge in [0.15, 0.2) is 11.5 Å². The highest BCUT2D eigenvalue weighted by Gasteiger charge is 2.32. The molecule has 1 saturated carbocycles. The number of nitrogens with zero attached hydrogens (tertiary/aromatic N) is 1. The molecular formula is C19H25ClN2O3. The van der Waals surface area contributed by atoms with Crippen molar-refractivity contribution in [1.29, 1.82) is 0 Å². The normalized spacial score (nSPS) is 21.6. The number of likely N-dealkylation sites (tertiary alicyclic amines) is 1. The molecule has 2 heterocycles. The molecular weight excluding hydrogens is 340 g/mol. The van der Waals surface area contributed by atoms with Crippen molar-refractivity contribution in [2.24, 2.45) is 0 Å². The Morgan fingerprint density at radius 1 is 1.16 bits per heavy atom. The van der Waals surface area contributed by atoms with Gasteiger partial charge in [-0.05, 0) is 43.4 Å². The van der Waals surface area contributed by atoms with Gasteiger partial charge in [-0.2, -0.15) is 0 Å². The van der Waals surface area contributed by atoms with Gasteiger partial charge >= 0.3 is 0 Å². The summed E-state index contributed by atoms with van der Waals surface area (Å²) in [5.41, 5.74) is 0.863. The minimum Gasteiger partial charge on any atom is -0.489 e. The number of carbonyl (C=O) groups is 1. The van der Waals surface area contributed by atoms with Crippen LogP contribution in [0.1, 0.15) is 37.7 Å². The third-order valence-corrected chi connectivity index (χ3v) is 5.47. The number of rotatable bonds is 4. The van der Waals surface area contributed by atoms with E-state index in [0.717, 1.165) is 44.0 Å². The van der Waals surface area contributed by atoms with Crippen molar-refractivity contribution in [3.8, 4) is 11.5 Å². The van der Waals surface area contributed by atoms with Gasteiger partial charge in [-0.25, -0.2) is 0 Å². The summed E-state index contributed by atoms with van der Waals surface area (Å²) >= 11 is 6.30. The number of nitrogens with one attached hydrogen (secondary N) is 1. The topological polar surface area (TPSA) is 50.8 Å². The summed E-state index contributed by atoms with van der Waals surface area (Å²) in [4.78, 5) is 15.0. The molecule has 1 aromatic carbocycles. The molecule has 0 unspecified atom stereocenters. The van der Waals surface area contributed by atoms with Crippen molar-refractivity contribution in [2.75, 3.05) is 26.3 Å². The molecule has 1 aliphatic carbocycles. The molecule has 1 N–H and O–H groups in total. The monoisotopic (exact) mass is 364 g/mol. The highest BCUT2D eigenvalue weighted by molar-refractivity contribution is 6.32. The van der Waals surface area contributed by atoms with Crippen LogP contribution in [0.3, 0.4) is 0 Å². The van der Waals surface area contributed by atoms with Gasteiger partial charge in [0, 0.05) is 31.6 Å². The number of hydrogen-bond donors (Lipinski definition) is 1. The predicted molar refractivity (Wildman–Crippen MR) is 96.5 cm³/mol. The summed E-state index contributed by atoms with van der Waals surface area (Å²) in [6, 6.07) is 4.80. The van der Waals surface area contributed by atoms with Gasteiger partial charge in [-0.15, -0.1) is 0 Å². The molecule has 0 atom stereocenters. The van der Waals surface area contributed by atoms with E-state index in [-0.39, 0.29) is 5.91 Å². The van der Waals surface area contributed by atoms with Gasteiger partial charge in [0.1, 0.15) is 0 Å². The molecule has 6 heteroatoms. The smallest absolute Gasteiger partial charge is 0.224 e. The molecule has 2 fully saturated rings. The number of ether oxygens (including phenoxy) is 2. The Balaban J connectivity index is 1.33. The molecule has 0 aromatic heterocycles. The maximum absolute atomic E-state index is 12.4. The fourth-order valence-corrected chi connectivity index (χ4v) is 3.99. The molecule has 25 heavy (non-hydrogen) atoms. The lowest BCUT2D eigenvalue weighted by atomic mass is 10.0. The number of piperidine rings is 1. The zero-order valence-corrected chi connectivity index (χ0v) is 15.2. The van der Waals surface area contributed by atoms with Crippen LogP contribution in [0.2, 0.25) is 5.02 Å². The number of fused-ring (bicyclic) bond motifs is 1. The molecule has 4 rings (SSSR count). The summed E-state index contributed by atoms with van der Waals surface area (Å²) in [5, 5.41) is 3.69. The van der Waals surface area contributed by atoms with Gasteiger partial charge < -0.3 is 19.7 Å². The predicted octanol–water partition coefficient (Wildman–Crippen LogP) is 2.79. The summed E-state index contributed by atoms with van der Waals surface area (Å²) < 4.78 is 11.3. The van der Waals surface area contributed by atoms with E-state index in [1.165, 1.54) is 12.8 Å². The maximum Gasteiger partial charge on any atom is 0.224 e. The Bertz CT molecular complexity index is 640. The second-order valence-electron chi connectivity index (χ2n) is 7.24. The Hall–Kier alpha value is -1.46. The number of benzene rings is 1. The number of carbonyl (C=O) groups excluding carboxylic acids is 1. The number of halogens is 1. The zero-order valence-electron chi connectivity index (χ0n) is 14.4. The fraction of sp³-hybridized carbons (Fsp3) is 0.632. The van der Waals surface area contributed by atoms with E-state index < -0.39 is 0 Å². The Morgan fingerprint density at radius 2 is 1.92 bits per heavy atom. The van der Waals surface area contributed by atoms with E-state index in [4.69, 9.17) is 21.1 Å². The van der Waals surface area contributed by atoms with Crippen LogP contribution in [-0.2, 0) is 11.2 Å². The SMILES string of the molecule is O=C(Cc1cc(Cl)c2c(c1)OCCCO2)NC1CCN(C2CC2)CC1.